The molecule has 4 aromatic rings. The number of phenolic OH excluding ortho intramolecular Hbond substituents is 1. The molecule has 1 N–H and O–H groups in total. The van der Waals surface area contributed by atoms with Crippen molar-refractivity contribution in [3.05, 3.63) is 77.1 Å². The lowest BCUT2D eigenvalue weighted by atomic mass is 9.69. The van der Waals surface area contributed by atoms with Gasteiger partial charge in [0.2, 0.25) is 0 Å². The summed E-state index contributed by atoms with van der Waals surface area (Å²) in [6, 6.07) is 15.7. The van der Waals surface area contributed by atoms with Crippen LogP contribution in [0, 0.1) is 5.92 Å². The van der Waals surface area contributed by atoms with Crippen LogP contribution in [0.1, 0.15) is 29.9 Å². The zero-order valence-corrected chi connectivity index (χ0v) is 15.5. The van der Waals surface area contributed by atoms with Crippen LogP contribution in [0.5, 0.6) is 5.75 Å². The minimum Gasteiger partial charge on any atom is -0.507 e. The molecule has 2 aromatic carbocycles. The summed E-state index contributed by atoms with van der Waals surface area (Å²) >= 11 is 6.66. The van der Waals surface area contributed by atoms with Gasteiger partial charge in [-0.3, -0.25) is 9.97 Å². The lowest BCUT2D eigenvalue weighted by Crippen LogP contribution is -2.24. The fraction of sp³-hybridized carbons (Fsp3) is 0.217. The Labute approximate surface area is 162 Å². The number of rotatable bonds is 3. The highest BCUT2D eigenvalue weighted by Crippen LogP contribution is 2.46. The fourth-order valence-electron chi connectivity index (χ4n) is 4.23. The number of nitrogens with zero attached hydrogens (tertiary/aromatic N) is 2. The normalized spacial score (nSPS) is 19.3. The predicted octanol–water partition coefficient (Wildman–Crippen LogP) is 5.88. The smallest absolute Gasteiger partial charge is 0.124 e. The van der Waals surface area contributed by atoms with E-state index >= 15 is 0 Å². The second-order valence-electron chi connectivity index (χ2n) is 7.46. The maximum absolute atomic E-state index is 10.0. The van der Waals surface area contributed by atoms with Gasteiger partial charge in [0.1, 0.15) is 5.75 Å². The molecule has 4 heteroatoms. The Kier molecular flexibility index (Phi) is 3.98. The third kappa shape index (κ3) is 2.92. The Morgan fingerprint density at radius 3 is 2.70 bits per heavy atom. The third-order valence-electron chi connectivity index (χ3n) is 5.71. The molecule has 0 bridgehead atoms. The summed E-state index contributed by atoms with van der Waals surface area (Å²) in [6.07, 6.45) is 6.98. The van der Waals surface area contributed by atoms with Crippen molar-refractivity contribution < 1.29 is 5.11 Å². The number of phenols is 1. The van der Waals surface area contributed by atoms with Gasteiger partial charge >= 0.3 is 0 Å². The summed E-state index contributed by atoms with van der Waals surface area (Å²) in [5, 5.41) is 12.8. The molecular formula is C23H19ClN2O. The molecule has 1 fully saturated rings. The SMILES string of the molecule is Oc1cccc2ncc(CC3CC(c4ccc5ncccc5c4Cl)C3)cc12. The van der Waals surface area contributed by atoms with Gasteiger partial charge in [0, 0.05) is 23.2 Å². The van der Waals surface area contributed by atoms with E-state index in [4.69, 9.17) is 11.6 Å². The summed E-state index contributed by atoms with van der Waals surface area (Å²) < 4.78 is 0. The van der Waals surface area contributed by atoms with Crippen molar-refractivity contribution in [3.8, 4) is 5.75 Å². The number of fused-ring (bicyclic) bond motifs is 2. The molecule has 134 valence electrons. The molecule has 0 unspecified atom stereocenters. The van der Waals surface area contributed by atoms with Crippen molar-refractivity contribution in [3.63, 3.8) is 0 Å². The first-order valence-corrected chi connectivity index (χ1v) is 9.66. The van der Waals surface area contributed by atoms with Gasteiger partial charge in [-0.25, -0.2) is 0 Å². The number of benzene rings is 2. The maximum Gasteiger partial charge on any atom is 0.124 e. The summed E-state index contributed by atoms with van der Waals surface area (Å²) in [5.41, 5.74) is 4.20. The predicted molar refractivity (Wildman–Crippen MR) is 109 cm³/mol. The Morgan fingerprint density at radius 2 is 1.81 bits per heavy atom. The number of hydrogen-bond donors (Lipinski definition) is 1. The van der Waals surface area contributed by atoms with Gasteiger partial charge < -0.3 is 5.11 Å². The van der Waals surface area contributed by atoms with Crippen LogP contribution in [-0.2, 0) is 6.42 Å². The van der Waals surface area contributed by atoms with Gasteiger partial charge in [-0.15, -0.1) is 0 Å². The van der Waals surface area contributed by atoms with Gasteiger partial charge in [0.25, 0.3) is 0 Å². The van der Waals surface area contributed by atoms with E-state index in [0.717, 1.165) is 46.1 Å². The topological polar surface area (TPSA) is 46.0 Å². The molecule has 0 radical (unpaired) electrons. The zero-order valence-electron chi connectivity index (χ0n) is 14.8. The van der Waals surface area contributed by atoms with Crippen LogP contribution in [0.15, 0.2) is 60.9 Å². The van der Waals surface area contributed by atoms with Crippen LogP contribution in [0.2, 0.25) is 5.02 Å². The van der Waals surface area contributed by atoms with Crippen LogP contribution in [0.4, 0.5) is 0 Å². The number of halogens is 1. The van der Waals surface area contributed by atoms with E-state index in [-0.39, 0.29) is 0 Å². The Balaban J connectivity index is 1.33. The van der Waals surface area contributed by atoms with Crippen LogP contribution in [0.25, 0.3) is 21.8 Å². The van der Waals surface area contributed by atoms with Crippen LogP contribution < -0.4 is 0 Å². The average Bonchev–Trinajstić information content (AvgIpc) is 2.66. The van der Waals surface area contributed by atoms with Gasteiger partial charge in [-0.1, -0.05) is 23.7 Å². The van der Waals surface area contributed by atoms with Crippen LogP contribution in [-0.4, -0.2) is 15.1 Å². The lowest BCUT2D eigenvalue weighted by molar-refractivity contribution is 0.262. The van der Waals surface area contributed by atoms with E-state index in [0.29, 0.717) is 17.6 Å². The molecule has 3 nitrogen and oxygen atoms in total. The summed E-state index contributed by atoms with van der Waals surface area (Å²) in [6.45, 7) is 0. The number of pyridine rings is 2. The number of aromatic hydroxyl groups is 1. The highest BCUT2D eigenvalue weighted by Gasteiger charge is 2.32. The van der Waals surface area contributed by atoms with Gasteiger partial charge in [-0.05, 0) is 78.6 Å². The number of aromatic nitrogens is 2. The molecule has 0 atom stereocenters. The molecule has 1 aliphatic carbocycles. The van der Waals surface area contributed by atoms with E-state index < -0.39 is 0 Å². The van der Waals surface area contributed by atoms with Crippen molar-refractivity contribution in [1.82, 2.24) is 9.97 Å². The highest BCUT2D eigenvalue weighted by atomic mass is 35.5. The number of hydrogen-bond acceptors (Lipinski definition) is 3. The summed E-state index contributed by atoms with van der Waals surface area (Å²) in [4.78, 5) is 8.87. The first-order valence-electron chi connectivity index (χ1n) is 9.29. The minimum absolute atomic E-state index is 0.296. The molecule has 0 saturated heterocycles. The standard InChI is InChI=1S/C23H19ClN2O/c24-23-17(6-7-21-18(23)3-2-8-25-21)16-10-14(11-16)9-15-12-19-20(26-13-15)4-1-5-22(19)27/h1-8,12-14,16,27H,9-11H2. The van der Waals surface area contributed by atoms with E-state index in [1.165, 1.54) is 11.1 Å². The summed E-state index contributed by atoms with van der Waals surface area (Å²) in [7, 11) is 0. The van der Waals surface area contributed by atoms with Gasteiger partial charge in [0.15, 0.2) is 0 Å². The monoisotopic (exact) mass is 374 g/mol. The molecule has 0 spiro atoms. The van der Waals surface area contributed by atoms with Crippen LogP contribution in [0.3, 0.4) is 0 Å². The van der Waals surface area contributed by atoms with E-state index in [1.807, 2.05) is 30.5 Å². The molecule has 2 aromatic heterocycles. The molecule has 2 heterocycles. The minimum atomic E-state index is 0.296. The van der Waals surface area contributed by atoms with E-state index in [2.05, 4.69) is 28.2 Å². The highest BCUT2D eigenvalue weighted by molar-refractivity contribution is 6.36. The van der Waals surface area contributed by atoms with Crippen LogP contribution >= 0.6 is 11.6 Å². The Hall–Kier alpha value is -2.65. The van der Waals surface area contributed by atoms with Crippen molar-refractivity contribution in [2.45, 2.75) is 25.2 Å². The van der Waals surface area contributed by atoms with E-state index in [9.17, 15) is 5.11 Å². The second-order valence-corrected chi connectivity index (χ2v) is 7.84. The fourth-order valence-corrected chi connectivity index (χ4v) is 4.60. The summed E-state index contributed by atoms with van der Waals surface area (Å²) in [5.74, 6) is 1.43. The second kappa shape index (κ2) is 6.50. The third-order valence-corrected chi connectivity index (χ3v) is 6.13. The Bertz CT molecular complexity index is 1150. The maximum atomic E-state index is 10.0. The molecule has 0 amide bonds. The van der Waals surface area contributed by atoms with Crippen molar-refractivity contribution in [2.75, 3.05) is 0 Å². The Morgan fingerprint density at radius 1 is 0.963 bits per heavy atom. The first kappa shape index (κ1) is 16.5. The molecule has 5 rings (SSSR count). The molecule has 1 saturated carbocycles. The zero-order chi connectivity index (χ0) is 18.4. The molecule has 1 aliphatic rings. The van der Waals surface area contributed by atoms with E-state index in [1.54, 1.807) is 12.3 Å². The molecular weight excluding hydrogens is 356 g/mol. The molecule has 0 aliphatic heterocycles. The van der Waals surface area contributed by atoms with Crippen molar-refractivity contribution in [2.24, 2.45) is 5.92 Å². The largest absolute Gasteiger partial charge is 0.507 e. The van der Waals surface area contributed by atoms with Crippen molar-refractivity contribution in [1.29, 1.82) is 0 Å². The first-order chi connectivity index (χ1) is 13.2. The lowest BCUT2D eigenvalue weighted by Gasteiger charge is -2.36. The van der Waals surface area contributed by atoms with Gasteiger partial charge in [-0.2, -0.15) is 0 Å². The quantitative estimate of drug-likeness (QED) is 0.487. The molecule has 27 heavy (non-hydrogen) atoms. The van der Waals surface area contributed by atoms with Gasteiger partial charge in [0.05, 0.1) is 16.1 Å². The average molecular weight is 375 g/mol. The van der Waals surface area contributed by atoms with Crippen molar-refractivity contribution >= 4 is 33.4 Å².